The van der Waals surface area contributed by atoms with Crippen molar-refractivity contribution in [3.8, 4) is 28.3 Å². The maximum Gasteiger partial charge on any atom is 0.343 e. The minimum absolute atomic E-state index is 0.292. The summed E-state index contributed by atoms with van der Waals surface area (Å²) >= 11 is 0. The van der Waals surface area contributed by atoms with Crippen LogP contribution in [-0.2, 0) is 17.8 Å². The number of rotatable bonds is 8. The van der Waals surface area contributed by atoms with Gasteiger partial charge in [0.1, 0.15) is 17.9 Å². The van der Waals surface area contributed by atoms with Crippen LogP contribution in [0.25, 0.3) is 22.5 Å². The van der Waals surface area contributed by atoms with Gasteiger partial charge in [0.2, 0.25) is 0 Å². The number of benzene rings is 2. The molecule has 168 valence electrons. The number of hydrogen-bond acceptors (Lipinski definition) is 7. The largest absolute Gasteiger partial charge is 0.488 e. The number of carbonyl (C=O) groups excluding carboxylic acids is 1. The highest BCUT2D eigenvalue weighted by Gasteiger charge is 2.19. The Kier molecular flexibility index (Phi) is 6.73. The van der Waals surface area contributed by atoms with Crippen LogP contribution in [0.2, 0.25) is 0 Å². The molecular weight excluding hydrogens is 418 g/mol. The molecule has 0 saturated carbocycles. The number of tetrazole rings is 1. The molecule has 0 aliphatic heterocycles. The minimum atomic E-state index is -0.422. The molecule has 2 aromatic heterocycles. The number of aryl methyl sites for hydroxylation is 2. The van der Waals surface area contributed by atoms with E-state index in [1.807, 2.05) is 61.5 Å². The number of nitrogens with one attached hydrogen (secondary N) is 1. The highest BCUT2D eigenvalue weighted by molar-refractivity contribution is 5.93. The molecule has 8 heteroatoms. The van der Waals surface area contributed by atoms with Gasteiger partial charge >= 0.3 is 5.97 Å². The lowest BCUT2D eigenvalue weighted by atomic mass is 9.98. The van der Waals surface area contributed by atoms with Crippen LogP contribution >= 0.6 is 0 Å². The molecule has 0 fully saturated rings. The standard InChI is InChI=1S/C25H25N5O3/c1-4-19-14-22(23(16(3)26-19)25(31)32-5-2)33-15-17-10-12-18(13-11-17)20-8-6-7-9-21(20)24-27-29-30-28-24/h6-14H,4-5,15H2,1-3H3,(H,27,28,29,30). The summed E-state index contributed by atoms with van der Waals surface area (Å²) in [6.07, 6.45) is 0.745. The monoisotopic (exact) mass is 443 g/mol. The van der Waals surface area contributed by atoms with Crippen LogP contribution in [0.1, 0.15) is 41.2 Å². The van der Waals surface area contributed by atoms with Crippen molar-refractivity contribution in [2.24, 2.45) is 0 Å². The molecule has 33 heavy (non-hydrogen) atoms. The van der Waals surface area contributed by atoms with Gasteiger partial charge < -0.3 is 9.47 Å². The molecule has 8 nitrogen and oxygen atoms in total. The summed E-state index contributed by atoms with van der Waals surface area (Å²) in [5, 5.41) is 14.2. The van der Waals surface area contributed by atoms with Crippen LogP contribution in [-0.4, -0.2) is 38.2 Å². The zero-order chi connectivity index (χ0) is 23.2. The predicted molar refractivity (Wildman–Crippen MR) is 124 cm³/mol. The van der Waals surface area contributed by atoms with Gasteiger partial charge in [-0.15, -0.1) is 5.10 Å². The number of nitrogens with zero attached hydrogens (tertiary/aromatic N) is 4. The van der Waals surface area contributed by atoms with Crippen molar-refractivity contribution in [2.75, 3.05) is 6.61 Å². The van der Waals surface area contributed by atoms with Crippen molar-refractivity contribution in [1.82, 2.24) is 25.6 Å². The van der Waals surface area contributed by atoms with Gasteiger partial charge in [0, 0.05) is 17.3 Å². The zero-order valence-electron chi connectivity index (χ0n) is 18.8. The second kappa shape index (κ2) is 10.0. The van der Waals surface area contributed by atoms with Crippen molar-refractivity contribution in [3.05, 3.63) is 77.1 Å². The van der Waals surface area contributed by atoms with E-state index in [0.717, 1.165) is 34.4 Å². The third kappa shape index (κ3) is 4.90. The van der Waals surface area contributed by atoms with Crippen LogP contribution in [0.3, 0.4) is 0 Å². The van der Waals surface area contributed by atoms with E-state index in [-0.39, 0.29) is 0 Å². The number of esters is 1. The summed E-state index contributed by atoms with van der Waals surface area (Å²) in [7, 11) is 0. The number of H-pyrrole nitrogens is 1. The number of pyridine rings is 1. The van der Waals surface area contributed by atoms with E-state index in [1.165, 1.54) is 0 Å². The third-order valence-corrected chi connectivity index (χ3v) is 5.25. The van der Waals surface area contributed by atoms with Gasteiger partial charge in [-0.3, -0.25) is 4.98 Å². The molecule has 0 aliphatic carbocycles. The van der Waals surface area contributed by atoms with Crippen molar-refractivity contribution in [2.45, 2.75) is 33.8 Å². The number of aromatic amines is 1. The lowest BCUT2D eigenvalue weighted by molar-refractivity contribution is 0.0519. The van der Waals surface area contributed by atoms with E-state index in [9.17, 15) is 4.79 Å². The van der Waals surface area contributed by atoms with Crippen molar-refractivity contribution in [3.63, 3.8) is 0 Å². The second-order valence-corrected chi connectivity index (χ2v) is 7.43. The minimum Gasteiger partial charge on any atom is -0.488 e. The van der Waals surface area contributed by atoms with Crippen molar-refractivity contribution >= 4 is 5.97 Å². The Hall–Kier alpha value is -4.07. The smallest absolute Gasteiger partial charge is 0.343 e. The highest BCUT2D eigenvalue weighted by atomic mass is 16.5. The van der Waals surface area contributed by atoms with Gasteiger partial charge in [-0.25, -0.2) is 9.89 Å². The first-order valence-electron chi connectivity index (χ1n) is 10.8. The molecule has 1 N–H and O–H groups in total. The van der Waals surface area contributed by atoms with E-state index < -0.39 is 5.97 Å². The summed E-state index contributed by atoms with van der Waals surface area (Å²) in [6, 6.07) is 17.8. The van der Waals surface area contributed by atoms with Crippen LogP contribution in [0, 0.1) is 6.92 Å². The quantitative estimate of drug-likeness (QED) is 0.398. The molecule has 0 saturated heterocycles. The first-order valence-corrected chi connectivity index (χ1v) is 10.8. The molecule has 0 unspecified atom stereocenters. The summed E-state index contributed by atoms with van der Waals surface area (Å²) in [5.74, 6) is 0.684. The van der Waals surface area contributed by atoms with Crippen LogP contribution in [0.15, 0.2) is 54.6 Å². The molecule has 0 amide bonds. The Bertz CT molecular complexity index is 1240. The maximum absolute atomic E-state index is 12.5. The first-order chi connectivity index (χ1) is 16.1. The Balaban J connectivity index is 1.56. The van der Waals surface area contributed by atoms with E-state index in [4.69, 9.17) is 9.47 Å². The van der Waals surface area contributed by atoms with Crippen LogP contribution in [0.5, 0.6) is 5.75 Å². The van der Waals surface area contributed by atoms with Gasteiger partial charge in [0.15, 0.2) is 5.82 Å². The summed E-state index contributed by atoms with van der Waals surface area (Å²) in [6.45, 7) is 6.20. The molecule has 2 aromatic carbocycles. The molecule has 0 atom stereocenters. The molecule has 0 bridgehead atoms. The van der Waals surface area contributed by atoms with Crippen LogP contribution in [0.4, 0.5) is 0 Å². The predicted octanol–water partition coefficient (Wildman–Crippen LogP) is 4.56. The number of carbonyl (C=O) groups is 1. The second-order valence-electron chi connectivity index (χ2n) is 7.43. The highest BCUT2D eigenvalue weighted by Crippen LogP contribution is 2.30. The van der Waals surface area contributed by atoms with E-state index in [2.05, 4.69) is 25.6 Å². The normalized spacial score (nSPS) is 10.8. The van der Waals surface area contributed by atoms with E-state index >= 15 is 0 Å². The van der Waals surface area contributed by atoms with Gasteiger partial charge in [-0.1, -0.05) is 55.5 Å². The SMILES string of the molecule is CCOC(=O)c1c(OCc2ccc(-c3ccccc3-c3nnn[nH]3)cc2)cc(CC)nc1C. The molecule has 4 aromatic rings. The van der Waals surface area contributed by atoms with Crippen LogP contribution < -0.4 is 4.74 Å². The van der Waals surface area contributed by atoms with Crippen molar-refractivity contribution < 1.29 is 14.3 Å². The molecule has 0 aliphatic rings. The van der Waals surface area contributed by atoms with Gasteiger partial charge in [0.05, 0.1) is 12.3 Å². The fraction of sp³-hybridized carbons (Fsp3) is 0.240. The molecule has 4 rings (SSSR count). The molecule has 0 spiro atoms. The lowest BCUT2D eigenvalue weighted by Gasteiger charge is -2.14. The fourth-order valence-corrected chi connectivity index (χ4v) is 3.61. The Morgan fingerprint density at radius 3 is 2.45 bits per heavy atom. The first kappa shape index (κ1) is 22.1. The van der Waals surface area contributed by atoms with E-state index in [0.29, 0.717) is 36.0 Å². The molecular formula is C25H25N5O3. The molecule has 0 radical (unpaired) electrons. The summed E-state index contributed by atoms with van der Waals surface area (Å²) in [5.41, 5.74) is 5.79. The average Bonchev–Trinajstić information content (AvgIpc) is 3.38. The average molecular weight is 444 g/mol. The number of ether oxygens (including phenoxy) is 2. The Labute approximate surface area is 192 Å². The third-order valence-electron chi connectivity index (χ3n) is 5.25. The summed E-state index contributed by atoms with van der Waals surface area (Å²) in [4.78, 5) is 17.0. The summed E-state index contributed by atoms with van der Waals surface area (Å²) < 4.78 is 11.3. The number of hydrogen-bond donors (Lipinski definition) is 1. The van der Waals surface area contributed by atoms with Gasteiger partial charge in [0.25, 0.3) is 0 Å². The van der Waals surface area contributed by atoms with Crippen molar-refractivity contribution in [1.29, 1.82) is 0 Å². The fourth-order valence-electron chi connectivity index (χ4n) is 3.61. The maximum atomic E-state index is 12.5. The molecule has 2 heterocycles. The van der Waals surface area contributed by atoms with Gasteiger partial charge in [-0.05, 0) is 47.4 Å². The Morgan fingerprint density at radius 2 is 1.79 bits per heavy atom. The Morgan fingerprint density at radius 1 is 1.03 bits per heavy atom. The number of aromatic nitrogens is 5. The van der Waals surface area contributed by atoms with Gasteiger partial charge in [-0.2, -0.15) is 0 Å². The zero-order valence-corrected chi connectivity index (χ0v) is 18.8. The van der Waals surface area contributed by atoms with E-state index in [1.54, 1.807) is 13.8 Å². The topological polar surface area (TPSA) is 103 Å². The lowest BCUT2D eigenvalue weighted by Crippen LogP contribution is -2.12.